The van der Waals surface area contributed by atoms with Gasteiger partial charge in [-0.1, -0.05) is 65.5 Å². The number of hydrogen-bond donors (Lipinski definition) is 0. The fraction of sp³-hybridized carbons (Fsp3) is 0.474. The van der Waals surface area contributed by atoms with Gasteiger partial charge < -0.3 is 0 Å². The molecule has 0 saturated carbocycles. The lowest BCUT2D eigenvalue weighted by atomic mass is 10.1. The zero-order chi connectivity index (χ0) is 17.9. The van der Waals surface area contributed by atoms with Gasteiger partial charge in [0.15, 0.2) is 0 Å². The lowest BCUT2D eigenvalue weighted by Crippen LogP contribution is -2.47. The molecule has 1 rings (SSSR count). The van der Waals surface area contributed by atoms with Gasteiger partial charge in [0.1, 0.15) is 5.82 Å². The van der Waals surface area contributed by atoms with E-state index in [9.17, 15) is 13.2 Å². The predicted molar refractivity (Wildman–Crippen MR) is 95.7 cm³/mol. The maximum Gasteiger partial charge on any atom is 0.277 e. The Hall–Kier alpha value is -1.29. The van der Waals surface area contributed by atoms with E-state index in [2.05, 4.69) is 48.1 Å². The van der Waals surface area contributed by atoms with Crippen molar-refractivity contribution in [3.8, 4) is 0 Å². The van der Waals surface area contributed by atoms with Crippen LogP contribution in [0, 0.1) is 5.82 Å². The largest absolute Gasteiger partial charge is 0.277 e. The van der Waals surface area contributed by atoms with Gasteiger partial charge in [-0.25, -0.2) is 4.39 Å². The van der Waals surface area contributed by atoms with Crippen LogP contribution in [0.4, 0.5) is 13.2 Å². The summed E-state index contributed by atoms with van der Waals surface area (Å²) in [5.41, 5.74) is 1.10. The van der Waals surface area contributed by atoms with E-state index in [1.54, 1.807) is 0 Å². The monoisotopic (exact) mass is 340 g/mol. The van der Waals surface area contributed by atoms with Gasteiger partial charge in [-0.15, -0.1) is 0 Å². The van der Waals surface area contributed by atoms with Gasteiger partial charge in [0, 0.05) is 5.57 Å². The molecule has 0 bridgehead atoms. The average Bonchev–Trinajstić information content (AvgIpc) is 2.40. The molecule has 0 fully saturated rings. The van der Waals surface area contributed by atoms with Crippen LogP contribution < -0.4 is 0 Å². The van der Waals surface area contributed by atoms with Crippen LogP contribution in [-0.2, 0) is 0 Å². The molecule has 1 aromatic rings. The predicted octanol–water partition coefficient (Wildman–Crippen LogP) is 7.21. The highest BCUT2D eigenvalue weighted by atomic mass is 28.3. The molecule has 0 nitrogen and oxygen atoms in total. The highest BCUT2D eigenvalue weighted by molar-refractivity contribution is 6.91. The minimum Gasteiger partial charge on any atom is -0.207 e. The zero-order valence-electron chi connectivity index (χ0n) is 14.9. The highest BCUT2D eigenvalue weighted by Crippen LogP contribution is 2.50. The van der Waals surface area contributed by atoms with E-state index in [4.69, 9.17) is 0 Å². The summed E-state index contributed by atoms with van der Waals surface area (Å²) in [5, 5.41) is 0.573. The molecule has 0 spiro atoms. The number of allylic oxidation sites excluding steroid dienone is 2. The molecule has 128 valence electrons. The van der Waals surface area contributed by atoms with Gasteiger partial charge in [-0.05, 0) is 34.3 Å². The zero-order valence-corrected chi connectivity index (χ0v) is 15.9. The summed E-state index contributed by atoms with van der Waals surface area (Å²) >= 11 is 0. The van der Waals surface area contributed by atoms with Crippen molar-refractivity contribution in [3.63, 3.8) is 0 Å². The van der Waals surface area contributed by atoms with E-state index >= 15 is 0 Å². The molecule has 0 saturated heterocycles. The van der Waals surface area contributed by atoms with Crippen LogP contribution in [0.5, 0.6) is 0 Å². The van der Waals surface area contributed by atoms with Crippen LogP contribution in [0.2, 0.25) is 16.6 Å². The lowest BCUT2D eigenvalue weighted by molar-refractivity contribution is 0.426. The number of halogens is 3. The first-order valence-corrected chi connectivity index (χ1v) is 10.3. The minimum absolute atomic E-state index is 0.0900. The molecular weight excluding hydrogens is 313 g/mol. The van der Waals surface area contributed by atoms with E-state index in [1.165, 1.54) is 24.3 Å². The normalized spacial score (nSPS) is 12.2. The number of benzene rings is 1. The lowest BCUT2D eigenvalue weighted by Gasteiger charge is -2.45. The molecule has 0 amide bonds. The Labute approximate surface area is 139 Å². The molecule has 0 aliphatic heterocycles. The van der Waals surface area contributed by atoms with Gasteiger partial charge in [-0.2, -0.15) is 8.78 Å². The molecule has 1 aromatic carbocycles. The van der Waals surface area contributed by atoms with E-state index in [-0.39, 0.29) is 22.2 Å². The summed E-state index contributed by atoms with van der Waals surface area (Å²) in [5.74, 6) is -0.432. The Morgan fingerprint density at radius 1 is 0.870 bits per heavy atom. The summed E-state index contributed by atoms with van der Waals surface area (Å²) in [7, 11) is -2.28. The minimum atomic E-state index is -2.28. The topological polar surface area (TPSA) is 0 Å². The van der Waals surface area contributed by atoms with Crippen molar-refractivity contribution in [3.05, 3.63) is 53.5 Å². The van der Waals surface area contributed by atoms with Crippen molar-refractivity contribution in [1.82, 2.24) is 0 Å². The van der Waals surface area contributed by atoms with Crippen molar-refractivity contribution < 1.29 is 13.2 Å². The maximum absolute atomic E-state index is 13.8. The summed E-state index contributed by atoms with van der Waals surface area (Å²) < 4.78 is 40.8. The maximum atomic E-state index is 13.8. The first kappa shape index (κ1) is 19.8. The van der Waals surface area contributed by atoms with Gasteiger partial charge in [0.25, 0.3) is 6.08 Å². The number of hydrogen-bond acceptors (Lipinski definition) is 0. The van der Waals surface area contributed by atoms with Crippen molar-refractivity contribution >= 4 is 13.6 Å². The molecular formula is C19H27F3Si. The Morgan fingerprint density at radius 2 is 1.26 bits per heavy atom. The second kappa shape index (κ2) is 7.52. The summed E-state index contributed by atoms with van der Waals surface area (Å²) in [6.07, 6.45) is -1.74. The van der Waals surface area contributed by atoms with Gasteiger partial charge in [0.05, 0.1) is 8.07 Å². The third-order valence-electron chi connectivity index (χ3n) is 5.01. The quantitative estimate of drug-likeness (QED) is 0.379. The first-order chi connectivity index (χ1) is 10.6. The fourth-order valence-corrected chi connectivity index (χ4v) is 11.0. The second-order valence-corrected chi connectivity index (χ2v) is 13.0. The number of rotatable bonds is 6. The third kappa shape index (κ3) is 3.63. The standard InChI is InChI=1S/C19H27F3Si/c1-12(2)23(13(3)4,14(5)6)15(7)18(19(21)22)16-8-10-17(20)11-9-16/h8-14H,7H2,1-6H3. The van der Waals surface area contributed by atoms with Gasteiger partial charge in [0.2, 0.25) is 0 Å². The molecule has 0 aromatic heterocycles. The first-order valence-electron chi connectivity index (χ1n) is 8.07. The molecule has 0 N–H and O–H groups in total. The Kier molecular flexibility index (Phi) is 6.46. The van der Waals surface area contributed by atoms with Crippen LogP contribution in [-0.4, -0.2) is 8.07 Å². The Balaban J connectivity index is 3.56. The van der Waals surface area contributed by atoms with Crippen LogP contribution in [0.15, 0.2) is 42.1 Å². The van der Waals surface area contributed by atoms with Crippen LogP contribution in [0.3, 0.4) is 0 Å². The molecule has 0 heterocycles. The van der Waals surface area contributed by atoms with E-state index in [0.29, 0.717) is 10.8 Å². The second-order valence-electron chi connectivity index (χ2n) is 7.02. The SMILES string of the molecule is C=C(C(=C(F)F)c1ccc(F)cc1)[Si](C(C)C)(C(C)C)C(C)C. The Morgan fingerprint density at radius 3 is 1.57 bits per heavy atom. The molecule has 0 aliphatic carbocycles. The highest BCUT2D eigenvalue weighted by Gasteiger charge is 2.46. The smallest absolute Gasteiger partial charge is 0.207 e. The van der Waals surface area contributed by atoms with E-state index < -0.39 is 20.0 Å². The van der Waals surface area contributed by atoms with Crippen molar-refractivity contribution in [2.24, 2.45) is 0 Å². The van der Waals surface area contributed by atoms with Crippen LogP contribution in [0.1, 0.15) is 47.1 Å². The van der Waals surface area contributed by atoms with Crippen molar-refractivity contribution in [2.45, 2.75) is 58.2 Å². The van der Waals surface area contributed by atoms with Gasteiger partial charge in [-0.3, -0.25) is 0 Å². The van der Waals surface area contributed by atoms with E-state index in [1.807, 2.05) is 0 Å². The molecule has 0 radical (unpaired) electrons. The Bertz CT molecular complexity index is 557. The van der Waals surface area contributed by atoms with Crippen LogP contribution in [0.25, 0.3) is 5.57 Å². The van der Waals surface area contributed by atoms with Gasteiger partial charge >= 0.3 is 0 Å². The molecule has 0 aliphatic rings. The van der Waals surface area contributed by atoms with Crippen molar-refractivity contribution in [2.75, 3.05) is 0 Å². The molecule has 23 heavy (non-hydrogen) atoms. The third-order valence-corrected chi connectivity index (χ3v) is 12.0. The average molecular weight is 341 g/mol. The summed E-state index contributed by atoms with van der Waals surface area (Å²) in [6.45, 7) is 16.8. The summed E-state index contributed by atoms with van der Waals surface area (Å²) in [6, 6.07) is 5.26. The van der Waals surface area contributed by atoms with Crippen LogP contribution >= 0.6 is 0 Å². The summed E-state index contributed by atoms with van der Waals surface area (Å²) in [4.78, 5) is 0. The van der Waals surface area contributed by atoms with E-state index in [0.717, 1.165) is 0 Å². The molecule has 0 unspecified atom stereocenters. The molecule has 4 heteroatoms. The van der Waals surface area contributed by atoms with Crippen molar-refractivity contribution in [1.29, 1.82) is 0 Å². The molecule has 0 atom stereocenters. The fourth-order valence-electron chi connectivity index (χ4n) is 4.28.